The van der Waals surface area contributed by atoms with E-state index in [0.29, 0.717) is 12.3 Å². The first-order chi connectivity index (χ1) is 9.52. The molecule has 0 radical (unpaired) electrons. The van der Waals surface area contributed by atoms with E-state index >= 15 is 0 Å². The standard InChI is InChI=1S/C16H21NO3/c1-10(2)8-13-12(9-15(18)17-16(13)19)11-6-4-5-7-14(11)20-3/h4-7,10,12-13H,8-9H2,1-3H3,(H,17,18,19). The summed E-state index contributed by atoms with van der Waals surface area (Å²) in [6, 6.07) is 7.63. The summed E-state index contributed by atoms with van der Waals surface area (Å²) in [4.78, 5) is 23.9. The highest BCUT2D eigenvalue weighted by Gasteiger charge is 2.38. The van der Waals surface area contributed by atoms with Gasteiger partial charge in [-0.15, -0.1) is 0 Å². The Bertz CT molecular complexity index is 510. The zero-order valence-electron chi connectivity index (χ0n) is 12.2. The fourth-order valence-corrected chi connectivity index (χ4v) is 2.88. The predicted molar refractivity (Wildman–Crippen MR) is 76.4 cm³/mol. The zero-order chi connectivity index (χ0) is 14.7. The minimum absolute atomic E-state index is 0.102. The molecule has 2 rings (SSSR count). The molecule has 1 saturated heterocycles. The van der Waals surface area contributed by atoms with Gasteiger partial charge < -0.3 is 4.74 Å². The molecule has 4 nitrogen and oxygen atoms in total. The van der Waals surface area contributed by atoms with E-state index in [4.69, 9.17) is 4.74 Å². The summed E-state index contributed by atoms with van der Waals surface area (Å²) in [5, 5.41) is 2.45. The molecule has 0 aromatic heterocycles. The van der Waals surface area contributed by atoms with Gasteiger partial charge in [0, 0.05) is 18.3 Å². The monoisotopic (exact) mass is 275 g/mol. The maximum atomic E-state index is 12.2. The van der Waals surface area contributed by atoms with Crippen LogP contribution >= 0.6 is 0 Å². The summed E-state index contributed by atoms with van der Waals surface area (Å²) >= 11 is 0. The van der Waals surface area contributed by atoms with Crippen molar-refractivity contribution in [2.24, 2.45) is 11.8 Å². The van der Waals surface area contributed by atoms with Crippen molar-refractivity contribution >= 4 is 11.8 Å². The molecule has 4 heteroatoms. The number of ether oxygens (including phenoxy) is 1. The first-order valence-electron chi connectivity index (χ1n) is 6.99. The molecule has 1 fully saturated rings. The number of hydrogen-bond acceptors (Lipinski definition) is 3. The molecular weight excluding hydrogens is 254 g/mol. The van der Waals surface area contributed by atoms with Gasteiger partial charge in [-0.05, 0) is 24.0 Å². The molecule has 2 amide bonds. The van der Waals surface area contributed by atoms with E-state index in [0.717, 1.165) is 17.7 Å². The van der Waals surface area contributed by atoms with E-state index in [9.17, 15) is 9.59 Å². The topological polar surface area (TPSA) is 55.4 Å². The lowest BCUT2D eigenvalue weighted by Crippen LogP contribution is -2.45. The Morgan fingerprint density at radius 3 is 2.65 bits per heavy atom. The van der Waals surface area contributed by atoms with Crippen LogP contribution in [0.15, 0.2) is 24.3 Å². The lowest BCUT2D eigenvalue weighted by molar-refractivity contribution is -0.137. The highest BCUT2D eigenvalue weighted by molar-refractivity contribution is 6.00. The molecule has 1 heterocycles. The lowest BCUT2D eigenvalue weighted by Gasteiger charge is -2.32. The Kier molecular flexibility index (Phi) is 4.42. The van der Waals surface area contributed by atoms with Crippen LogP contribution in [0.25, 0.3) is 0 Å². The molecule has 0 spiro atoms. The Morgan fingerprint density at radius 1 is 1.30 bits per heavy atom. The van der Waals surface area contributed by atoms with Crippen molar-refractivity contribution in [1.29, 1.82) is 0 Å². The molecule has 1 N–H and O–H groups in total. The summed E-state index contributed by atoms with van der Waals surface area (Å²) in [6.07, 6.45) is 1.10. The van der Waals surface area contributed by atoms with Gasteiger partial charge in [-0.3, -0.25) is 14.9 Å². The third kappa shape index (κ3) is 3.00. The summed E-state index contributed by atoms with van der Waals surface area (Å²) in [5.74, 6) is 0.500. The average Bonchev–Trinajstić information content (AvgIpc) is 2.41. The summed E-state index contributed by atoms with van der Waals surface area (Å²) in [6.45, 7) is 4.17. The Balaban J connectivity index is 2.37. The van der Waals surface area contributed by atoms with Crippen molar-refractivity contribution in [2.75, 3.05) is 7.11 Å². The van der Waals surface area contributed by atoms with Gasteiger partial charge in [0.15, 0.2) is 0 Å². The highest BCUT2D eigenvalue weighted by atomic mass is 16.5. The summed E-state index contributed by atoms with van der Waals surface area (Å²) in [5.41, 5.74) is 0.948. The van der Waals surface area contributed by atoms with E-state index in [1.165, 1.54) is 0 Å². The Morgan fingerprint density at radius 2 is 2.00 bits per heavy atom. The van der Waals surface area contributed by atoms with E-state index in [1.807, 2.05) is 24.3 Å². The van der Waals surface area contributed by atoms with E-state index in [-0.39, 0.29) is 23.7 Å². The second kappa shape index (κ2) is 6.07. The molecule has 1 aliphatic heterocycles. The largest absolute Gasteiger partial charge is 0.496 e. The first-order valence-corrected chi connectivity index (χ1v) is 6.99. The number of amides is 2. The average molecular weight is 275 g/mol. The fraction of sp³-hybridized carbons (Fsp3) is 0.500. The molecule has 0 bridgehead atoms. The van der Waals surface area contributed by atoms with Crippen LogP contribution in [-0.2, 0) is 9.59 Å². The second-order valence-electron chi connectivity index (χ2n) is 5.70. The van der Waals surface area contributed by atoms with E-state index in [1.54, 1.807) is 7.11 Å². The molecule has 2 atom stereocenters. The normalized spacial score (nSPS) is 22.8. The van der Waals surface area contributed by atoms with Crippen molar-refractivity contribution in [3.8, 4) is 5.75 Å². The fourth-order valence-electron chi connectivity index (χ4n) is 2.88. The SMILES string of the molecule is COc1ccccc1C1CC(=O)NC(=O)C1CC(C)C. The molecule has 2 unspecified atom stereocenters. The predicted octanol–water partition coefficient (Wildman–Crippen LogP) is 2.49. The van der Waals surface area contributed by atoms with Gasteiger partial charge in [0.05, 0.1) is 7.11 Å². The molecule has 0 aliphatic carbocycles. The Labute approximate surface area is 119 Å². The lowest BCUT2D eigenvalue weighted by atomic mass is 9.76. The number of carbonyl (C=O) groups excluding carboxylic acids is 2. The molecule has 108 valence electrons. The van der Waals surface area contributed by atoms with Gasteiger partial charge in [0.2, 0.25) is 11.8 Å². The highest BCUT2D eigenvalue weighted by Crippen LogP contribution is 2.39. The number of carbonyl (C=O) groups is 2. The third-order valence-corrected chi connectivity index (χ3v) is 3.75. The van der Waals surface area contributed by atoms with Gasteiger partial charge in [0.1, 0.15) is 5.75 Å². The number of rotatable bonds is 4. The smallest absolute Gasteiger partial charge is 0.230 e. The first kappa shape index (κ1) is 14.6. The van der Waals surface area contributed by atoms with Gasteiger partial charge in [-0.25, -0.2) is 0 Å². The summed E-state index contributed by atoms with van der Waals surface area (Å²) in [7, 11) is 1.61. The van der Waals surface area contributed by atoms with Crippen molar-refractivity contribution in [1.82, 2.24) is 5.32 Å². The Hall–Kier alpha value is -1.84. The maximum Gasteiger partial charge on any atom is 0.230 e. The molecule has 1 aromatic rings. The second-order valence-corrected chi connectivity index (χ2v) is 5.70. The molecule has 20 heavy (non-hydrogen) atoms. The molecule has 0 saturated carbocycles. The van der Waals surface area contributed by atoms with E-state index in [2.05, 4.69) is 19.2 Å². The van der Waals surface area contributed by atoms with Crippen LogP contribution in [-0.4, -0.2) is 18.9 Å². The van der Waals surface area contributed by atoms with Crippen LogP contribution in [0.3, 0.4) is 0 Å². The van der Waals surface area contributed by atoms with Gasteiger partial charge >= 0.3 is 0 Å². The van der Waals surface area contributed by atoms with Crippen LogP contribution in [0, 0.1) is 11.8 Å². The van der Waals surface area contributed by atoms with Crippen LogP contribution in [0.5, 0.6) is 5.75 Å². The van der Waals surface area contributed by atoms with Crippen LogP contribution in [0.1, 0.15) is 38.2 Å². The minimum atomic E-state index is -0.203. The van der Waals surface area contributed by atoms with Crippen LogP contribution < -0.4 is 10.1 Å². The van der Waals surface area contributed by atoms with Gasteiger partial charge in [-0.1, -0.05) is 32.0 Å². The zero-order valence-corrected chi connectivity index (χ0v) is 12.2. The quantitative estimate of drug-likeness (QED) is 0.859. The molecular formula is C16H21NO3. The van der Waals surface area contributed by atoms with Crippen LogP contribution in [0.4, 0.5) is 0 Å². The number of methoxy groups -OCH3 is 1. The van der Waals surface area contributed by atoms with Crippen molar-refractivity contribution in [3.05, 3.63) is 29.8 Å². The number of benzene rings is 1. The number of piperidine rings is 1. The van der Waals surface area contributed by atoms with Crippen LogP contribution in [0.2, 0.25) is 0 Å². The van der Waals surface area contributed by atoms with Gasteiger partial charge in [0.25, 0.3) is 0 Å². The minimum Gasteiger partial charge on any atom is -0.496 e. The van der Waals surface area contributed by atoms with E-state index < -0.39 is 0 Å². The molecule has 1 aromatic carbocycles. The number of hydrogen-bond donors (Lipinski definition) is 1. The summed E-state index contributed by atoms with van der Waals surface area (Å²) < 4.78 is 5.38. The number of imide groups is 1. The molecule has 1 aliphatic rings. The van der Waals surface area contributed by atoms with Crippen molar-refractivity contribution < 1.29 is 14.3 Å². The van der Waals surface area contributed by atoms with Crippen molar-refractivity contribution in [3.63, 3.8) is 0 Å². The number of para-hydroxylation sites is 1. The van der Waals surface area contributed by atoms with Crippen molar-refractivity contribution in [2.45, 2.75) is 32.6 Å². The third-order valence-electron chi connectivity index (χ3n) is 3.75. The number of nitrogens with one attached hydrogen (secondary N) is 1. The maximum absolute atomic E-state index is 12.2. The van der Waals surface area contributed by atoms with Gasteiger partial charge in [-0.2, -0.15) is 0 Å².